The number of nitrogens with zero attached hydrogens (tertiary/aromatic N) is 1. The number of ether oxygens (including phenoxy) is 1. The van der Waals surface area contributed by atoms with Crippen molar-refractivity contribution in [1.82, 2.24) is 4.90 Å². The van der Waals surface area contributed by atoms with Crippen LogP contribution in [0.3, 0.4) is 0 Å². The predicted octanol–water partition coefficient (Wildman–Crippen LogP) is 1.84. The Morgan fingerprint density at radius 3 is 2.47 bits per heavy atom. The van der Waals surface area contributed by atoms with Crippen LogP contribution in [-0.2, 0) is 8.85 Å². The van der Waals surface area contributed by atoms with Gasteiger partial charge in [0.1, 0.15) is 9.76 Å². The van der Waals surface area contributed by atoms with Gasteiger partial charge in [-0.25, -0.2) is 0 Å². The van der Waals surface area contributed by atoms with E-state index in [4.69, 9.17) is 8.85 Å². The van der Waals surface area contributed by atoms with Crippen LogP contribution in [0, 0.1) is 0 Å². The fourth-order valence-corrected chi connectivity index (χ4v) is 7.14. The van der Waals surface area contributed by atoms with E-state index in [-0.39, 0.29) is 9.76 Å². The molecular weight excluding hydrogens is 246 g/mol. The van der Waals surface area contributed by atoms with Gasteiger partial charge in [0.15, 0.2) is 8.32 Å². The van der Waals surface area contributed by atoms with Gasteiger partial charge in [0.25, 0.3) is 0 Å². The molecule has 1 saturated heterocycles. The molecule has 0 radical (unpaired) electrons. The molecule has 0 bridgehead atoms. The first-order chi connectivity index (χ1) is 8.20. The van der Waals surface area contributed by atoms with Crippen LogP contribution in [0.1, 0.15) is 20.3 Å². The fraction of sp³-hybridized carbons (Fsp3) is 1.00. The Morgan fingerprint density at radius 2 is 1.88 bits per heavy atom. The van der Waals surface area contributed by atoms with E-state index >= 15 is 0 Å². The van der Waals surface area contributed by atoms with Crippen molar-refractivity contribution < 1.29 is 8.85 Å². The van der Waals surface area contributed by atoms with Crippen LogP contribution in [0.4, 0.5) is 0 Å². The highest BCUT2D eigenvalue weighted by Gasteiger charge is 2.23. The average molecular weight is 276 g/mol. The summed E-state index contributed by atoms with van der Waals surface area (Å²) >= 11 is 0. The molecule has 0 aromatic heterocycles. The Morgan fingerprint density at radius 1 is 1.24 bits per heavy atom. The normalized spacial score (nSPS) is 19.2. The maximum absolute atomic E-state index is 6.25. The van der Waals surface area contributed by atoms with E-state index in [9.17, 15) is 0 Å². The van der Waals surface area contributed by atoms with Crippen LogP contribution >= 0.6 is 0 Å². The van der Waals surface area contributed by atoms with Crippen molar-refractivity contribution >= 4 is 18.1 Å². The van der Waals surface area contributed by atoms with E-state index in [0.717, 1.165) is 26.3 Å². The summed E-state index contributed by atoms with van der Waals surface area (Å²) in [5, 5.41) is 0. The highest BCUT2D eigenvalue weighted by atomic mass is 28.4. The number of morpholine rings is 1. The highest BCUT2D eigenvalue weighted by molar-refractivity contribution is 6.76. The van der Waals surface area contributed by atoms with Crippen LogP contribution < -0.4 is 0 Å². The largest absolute Gasteiger partial charge is 0.460 e. The molecule has 3 nitrogen and oxygen atoms in total. The first-order valence-electron chi connectivity index (χ1n) is 7.14. The smallest absolute Gasteiger partial charge is 0.175 e. The molecule has 1 aliphatic rings. The van der Waals surface area contributed by atoms with Crippen LogP contribution in [0.5, 0.6) is 0 Å². The van der Waals surface area contributed by atoms with Gasteiger partial charge in [-0.05, 0) is 37.6 Å². The quantitative estimate of drug-likeness (QED) is 0.498. The molecule has 0 N–H and O–H groups in total. The zero-order chi connectivity index (χ0) is 12.6. The third-order valence-electron chi connectivity index (χ3n) is 3.92. The molecule has 0 saturated carbocycles. The molecule has 17 heavy (non-hydrogen) atoms. The summed E-state index contributed by atoms with van der Waals surface area (Å²) < 4.78 is 11.6. The molecule has 102 valence electrons. The van der Waals surface area contributed by atoms with Crippen molar-refractivity contribution in [2.75, 3.05) is 32.8 Å². The lowest BCUT2D eigenvalue weighted by Crippen LogP contribution is -2.37. The fourth-order valence-electron chi connectivity index (χ4n) is 2.03. The monoisotopic (exact) mass is 275 g/mol. The van der Waals surface area contributed by atoms with Crippen LogP contribution in [-0.4, -0.2) is 55.8 Å². The van der Waals surface area contributed by atoms with Crippen LogP contribution in [0.2, 0.25) is 24.7 Å². The van der Waals surface area contributed by atoms with Crippen molar-refractivity contribution in [1.29, 1.82) is 0 Å². The molecule has 1 aliphatic heterocycles. The summed E-state index contributed by atoms with van der Waals surface area (Å²) in [6.07, 6.45) is 1.32. The van der Waals surface area contributed by atoms with Gasteiger partial charge >= 0.3 is 0 Å². The molecule has 0 unspecified atom stereocenters. The Bertz CT molecular complexity index is 195. The first kappa shape index (κ1) is 15.4. The van der Waals surface area contributed by atoms with E-state index in [1.54, 1.807) is 0 Å². The van der Waals surface area contributed by atoms with E-state index in [2.05, 4.69) is 25.3 Å². The van der Waals surface area contributed by atoms with Gasteiger partial charge in [0.2, 0.25) is 0 Å². The summed E-state index contributed by atoms with van der Waals surface area (Å²) in [5.74, 6) is 0. The SMILES string of the molecule is CC[Si](C)(CC)O[SiH2]CCCN1CCOCC1. The second kappa shape index (κ2) is 8.42. The average Bonchev–Trinajstić information content (AvgIpc) is 2.39. The van der Waals surface area contributed by atoms with E-state index in [1.807, 2.05) is 0 Å². The molecule has 0 aromatic rings. The van der Waals surface area contributed by atoms with Gasteiger partial charge in [0.05, 0.1) is 13.2 Å². The number of rotatable bonds is 8. The summed E-state index contributed by atoms with van der Waals surface area (Å²) in [7, 11) is -1.52. The molecule has 0 aliphatic carbocycles. The van der Waals surface area contributed by atoms with E-state index in [1.165, 1.54) is 31.1 Å². The Hall–Kier alpha value is 0.314. The second-order valence-electron chi connectivity index (χ2n) is 5.17. The van der Waals surface area contributed by atoms with Gasteiger partial charge in [-0.1, -0.05) is 13.8 Å². The van der Waals surface area contributed by atoms with Crippen molar-refractivity contribution in [2.45, 2.75) is 44.9 Å². The summed E-state index contributed by atoms with van der Waals surface area (Å²) in [4.78, 5) is 2.52. The van der Waals surface area contributed by atoms with Crippen molar-refractivity contribution in [3.63, 3.8) is 0 Å². The zero-order valence-electron chi connectivity index (χ0n) is 11.8. The molecule has 0 spiro atoms. The predicted molar refractivity (Wildman–Crippen MR) is 78.9 cm³/mol. The molecule has 0 amide bonds. The van der Waals surface area contributed by atoms with Gasteiger partial charge in [-0.15, -0.1) is 0 Å². The summed E-state index contributed by atoms with van der Waals surface area (Å²) in [6, 6.07) is 3.90. The number of hydrogen-bond acceptors (Lipinski definition) is 3. The molecular formula is C12H29NO2Si2. The second-order valence-corrected chi connectivity index (χ2v) is 11.8. The molecule has 0 atom stereocenters. The van der Waals surface area contributed by atoms with Crippen LogP contribution in [0.15, 0.2) is 0 Å². The van der Waals surface area contributed by atoms with Gasteiger partial charge in [-0.3, -0.25) is 4.90 Å². The van der Waals surface area contributed by atoms with Crippen molar-refractivity contribution in [3.05, 3.63) is 0 Å². The lowest BCUT2D eigenvalue weighted by molar-refractivity contribution is 0.0379. The Labute approximate surface area is 110 Å². The maximum atomic E-state index is 6.25. The molecule has 1 fully saturated rings. The minimum Gasteiger partial charge on any atom is -0.460 e. The molecule has 1 heterocycles. The summed E-state index contributed by atoms with van der Waals surface area (Å²) in [6.45, 7) is 12.3. The minimum atomic E-state index is -1.26. The molecule has 1 rings (SSSR count). The van der Waals surface area contributed by atoms with Crippen LogP contribution in [0.25, 0.3) is 0 Å². The maximum Gasteiger partial charge on any atom is 0.175 e. The van der Waals surface area contributed by atoms with E-state index in [0.29, 0.717) is 0 Å². The lowest BCUT2D eigenvalue weighted by atomic mass is 10.3. The standard InChI is InChI=1S/C12H29NO2Si2/c1-4-17(3,5-2)15-16-12-6-7-13-8-10-14-11-9-13/h4-12,16H2,1-3H3. The van der Waals surface area contributed by atoms with Gasteiger partial charge in [-0.2, -0.15) is 0 Å². The zero-order valence-corrected chi connectivity index (χ0v) is 14.2. The van der Waals surface area contributed by atoms with Gasteiger partial charge in [0, 0.05) is 13.1 Å². The number of hydrogen-bond donors (Lipinski definition) is 0. The topological polar surface area (TPSA) is 21.7 Å². The molecule has 0 aromatic carbocycles. The van der Waals surface area contributed by atoms with Crippen molar-refractivity contribution in [2.24, 2.45) is 0 Å². The summed E-state index contributed by atoms with van der Waals surface area (Å²) in [5.41, 5.74) is 0. The van der Waals surface area contributed by atoms with Crippen molar-refractivity contribution in [3.8, 4) is 0 Å². The highest BCUT2D eigenvalue weighted by Crippen LogP contribution is 2.15. The third-order valence-corrected chi connectivity index (χ3v) is 11.3. The van der Waals surface area contributed by atoms with E-state index < -0.39 is 8.32 Å². The Balaban J connectivity index is 2.00. The van der Waals surface area contributed by atoms with Gasteiger partial charge < -0.3 is 8.85 Å². The first-order valence-corrected chi connectivity index (χ1v) is 11.5. The Kier molecular flexibility index (Phi) is 7.61. The minimum absolute atomic E-state index is 0.258. The third kappa shape index (κ3) is 6.15. The lowest BCUT2D eigenvalue weighted by Gasteiger charge is -2.27. The molecule has 5 heteroatoms.